The van der Waals surface area contributed by atoms with Gasteiger partial charge >= 0.3 is 0 Å². The summed E-state index contributed by atoms with van der Waals surface area (Å²) in [4.78, 5) is 16.9. The van der Waals surface area contributed by atoms with E-state index in [-0.39, 0.29) is 0 Å². The molecule has 6 heteroatoms. The Morgan fingerprint density at radius 1 is 1.35 bits per heavy atom. The summed E-state index contributed by atoms with van der Waals surface area (Å²) in [5, 5.41) is 0. The maximum absolute atomic E-state index is 5.74. The fraction of sp³-hybridized carbons (Fsp3) is 0.727. The van der Waals surface area contributed by atoms with Crippen molar-refractivity contribution < 1.29 is 0 Å². The minimum atomic E-state index is 0.292. The van der Waals surface area contributed by atoms with E-state index in [0.29, 0.717) is 23.9 Å². The van der Waals surface area contributed by atoms with Gasteiger partial charge in [-0.15, -0.1) is 0 Å². The van der Waals surface area contributed by atoms with E-state index >= 15 is 0 Å². The predicted molar refractivity (Wildman–Crippen MR) is 69.2 cm³/mol. The Kier molecular flexibility index (Phi) is 3.31. The lowest BCUT2D eigenvalue weighted by Crippen LogP contribution is -2.31. The fourth-order valence-corrected chi connectivity index (χ4v) is 2.22. The standard InChI is InChI=1S/C11H20N6/c1-4-8-6-5-7-17(8)11-14-9(12)13-10(15-11)16(2)3/h8H,4-7H2,1-3H3,(H2,12,13,14,15). The second kappa shape index (κ2) is 4.73. The first-order valence-electron chi connectivity index (χ1n) is 6.07. The van der Waals surface area contributed by atoms with Gasteiger partial charge in [0.1, 0.15) is 0 Å². The molecule has 2 heterocycles. The first kappa shape index (κ1) is 11.9. The molecule has 1 aromatic heterocycles. The third kappa shape index (κ3) is 2.40. The summed E-state index contributed by atoms with van der Waals surface area (Å²) < 4.78 is 0. The molecule has 0 amide bonds. The van der Waals surface area contributed by atoms with Crippen molar-refractivity contribution in [1.82, 2.24) is 15.0 Å². The van der Waals surface area contributed by atoms with Crippen LogP contribution in [-0.4, -0.2) is 41.6 Å². The minimum Gasteiger partial charge on any atom is -0.368 e. The zero-order valence-corrected chi connectivity index (χ0v) is 10.7. The van der Waals surface area contributed by atoms with Crippen molar-refractivity contribution in [1.29, 1.82) is 0 Å². The number of hydrogen-bond acceptors (Lipinski definition) is 6. The number of anilines is 3. The maximum Gasteiger partial charge on any atom is 0.232 e. The van der Waals surface area contributed by atoms with E-state index in [1.165, 1.54) is 12.8 Å². The van der Waals surface area contributed by atoms with Gasteiger partial charge in [0.05, 0.1) is 0 Å². The van der Waals surface area contributed by atoms with Crippen molar-refractivity contribution in [3.05, 3.63) is 0 Å². The molecule has 6 nitrogen and oxygen atoms in total. The lowest BCUT2D eigenvalue weighted by atomic mass is 10.2. The lowest BCUT2D eigenvalue weighted by Gasteiger charge is -2.24. The molecule has 0 aliphatic carbocycles. The van der Waals surface area contributed by atoms with E-state index in [9.17, 15) is 0 Å². The van der Waals surface area contributed by atoms with Crippen LogP contribution in [-0.2, 0) is 0 Å². The molecule has 2 rings (SSSR count). The molecule has 1 aliphatic heterocycles. The van der Waals surface area contributed by atoms with Crippen LogP contribution in [0.3, 0.4) is 0 Å². The Bertz CT molecular complexity index is 392. The second-order valence-corrected chi connectivity index (χ2v) is 4.59. The van der Waals surface area contributed by atoms with Crippen LogP contribution in [0.15, 0.2) is 0 Å². The van der Waals surface area contributed by atoms with Crippen LogP contribution in [0.1, 0.15) is 26.2 Å². The highest BCUT2D eigenvalue weighted by Crippen LogP contribution is 2.25. The van der Waals surface area contributed by atoms with Crippen LogP contribution in [0.25, 0.3) is 0 Å². The van der Waals surface area contributed by atoms with Gasteiger partial charge in [-0.1, -0.05) is 6.92 Å². The van der Waals surface area contributed by atoms with Crippen LogP contribution in [0.5, 0.6) is 0 Å². The third-order valence-corrected chi connectivity index (χ3v) is 3.13. The Morgan fingerprint density at radius 3 is 2.76 bits per heavy atom. The molecule has 0 saturated carbocycles. The number of hydrogen-bond donors (Lipinski definition) is 1. The molecule has 0 spiro atoms. The van der Waals surface area contributed by atoms with Crippen LogP contribution >= 0.6 is 0 Å². The quantitative estimate of drug-likeness (QED) is 0.840. The number of rotatable bonds is 3. The Labute approximate surface area is 102 Å². The molecule has 1 fully saturated rings. The second-order valence-electron chi connectivity index (χ2n) is 4.59. The molecule has 0 bridgehead atoms. The van der Waals surface area contributed by atoms with Gasteiger partial charge in [-0.25, -0.2) is 0 Å². The van der Waals surface area contributed by atoms with Crippen LogP contribution in [0.2, 0.25) is 0 Å². The third-order valence-electron chi connectivity index (χ3n) is 3.13. The van der Waals surface area contributed by atoms with E-state index < -0.39 is 0 Å². The number of aromatic nitrogens is 3. The molecular weight excluding hydrogens is 216 g/mol. The Morgan fingerprint density at radius 2 is 2.12 bits per heavy atom. The molecule has 1 saturated heterocycles. The number of nitrogens with zero attached hydrogens (tertiary/aromatic N) is 5. The molecule has 1 aliphatic rings. The summed E-state index contributed by atoms with van der Waals surface area (Å²) >= 11 is 0. The first-order valence-corrected chi connectivity index (χ1v) is 6.07. The Hall–Kier alpha value is -1.59. The van der Waals surface area contributed by atoms with Crippen LogP contribution < -0.4 is 15.5 Å². The summed E-state index contributed by atoms with van der Waals surface area (Å²) in [6, 6.07) is 0.534. The number of nitrogen functional groups attached to an aromatic ring is 1. The highest BCUT2D eigenvalue weighted by atomic mass is 15.4. The lowest BCUT2D eigenvalue weighted by molar-refractivity contribution is 0.633. The average molecular weight is 236 g/mol. The normalized spacial score (nSPS) is 19.7. The minimum absolute atomic E-state index is 0.292. The Balaban J connectivity index is 2.31. The van der Waals surface area contributed by atoms with Crippen molar-refractivity contribution in [3.8, 4) is 0 Å². The zero-order chi connectivity index (χ0) is 12.4. The van der Waals surface area contributed by atoms with Crippen LogP contribution in [0.4, 0.5) is 17.8 Å². The predicted octanol–water partition coefficient (Wildman–Crippen LogP) is 0.899. The van der Waals surface area contributed by atoms with E-state index in [2.05, 4.69) is 26.8 Å². The van der Waals surface area contributed by atoms with Crippen LogP contribution in [0, 0.1) is 0 Å². The van der Waals surface area contributed by atoms with Gasteiger partial charge in [-0.3, -0.25) is 0 Å². The van der Waals surface area contributed by atoms with Crippen molar-refractivity contribution in [2.45, 2.75) is 32.2 Å². The van der Waals surface area contributed by atoms with E-state index in [0.717, 1.165) is 13.0 Å². The molecule has 2 N–H and O–H groups in total. The highest BCUT2D eigenvalue weighted by molar-refractivity contribution is 5.44. The largest absolute Gasteiger partial charge is 0.368 e. The van der Waals surface area contributed by atoms with Gasteiger partial charge in [0.25, 0.3) is 0 Å². The van der Waals surface area contributed by atoms with E-state index in [1.54, 1.807) is 0 Å². The molecular formula is C11H20N6. The monoisotopic (exact) mass is 236 g/mol. The summed E-state index contributed by atoms with van der Waals surface area (Å²) in [6.45, 7) is 3.20. The van der Waals surface area contributed by atoms with E-state index in [4.69, 9.17) is 5.73 Å². The topological polar surface area (TPSA) is 71.2 Å². The molecule has 0 aromatic carbocycles. The van der Waals surface area contributed by atoms with Crippen molar-refractivity contribution >= 4 is 17.8 Å². The summed E-state index contributed by atoms with van der Waals surface area (Å²) in [6.07, 6.45) is 3.52. The van der Waals surface area contributed by atoms with Gasteiger partial charge < -0.3 is 15.5 Å². The molecule has 1 aromatic rings. The summed E-state index contributed by atoms with van der Waals surface area (Å²) in [7, 11) is 3.81. The van der Waals surface area contributed by atoms with E-state index in [1.807, 2.05) is 19.0 Å². The summed E-state index contributed by atoms with van der Waals surface area (Å²) in [5.74, 6) is 1.63. The van der Waals surface area contributed by atoms with Crippen molar-refractivity contribution in [3.63, 3.8) is 0 Å². The van der Waals surface area contributed by atoms with Gasteiger partial charge in [0, 0.05) is 26.7 Å². The van der Waals surface area contributed by atoms with Gasteiger partial charge in [-0.2, -0.15) is 15.0 Å². The smallest absolute Gasteiger partial charge is 0.232 e. The molecule has 17 heavy (non-hydrogen) atoms. The SMILES string of the molecule is CCC1CCCN1c1nc(N)nc(N(C)C)n1. The molecule has 1 unspecified atom stereocenters. The van der Waals surface area contributed by atoms with Gasteiger partial charge in [0.2, 0.25) is 17.8 Å². The molecule has 94 valence electrons. The summed E-state index contributed by atoms with van der Waals surface area (Å²) in [5.41, 5.74) is 5.74. The highest BCUT2D eigenvalue weighted by Gasteiger charge is 2.26. The van der Waals surface area contributed by atoms with Gasteiger partial charge in [0.15, 0.2) is 0 Å². The molecule has 1 atom stereocenters. The zero-order valence-electron chi connectivity index (χ0n) is 10.7. The molecule has 0 radical (unpaired) electrons. The fourth-order valence-electron chi connectivity index (χ4n) is 2.22. The van der Waals surface area contributed by atoms with Crippen molar-refractivity contribution in [2.75, 3.05) is 36.2 Å². The maximum atomic E-state index is 5.74. The van der Waals surface area contributed by atoms with Gasteiger partial charge in [-0.05, 0) is 19.3 Å². The number of nitrogens with two attached hydrogens (primary N) is 1. The first-order chi connectivity index (χ1) is 8.11. The average Bonchev–Trinajstić information content (AvgIpc) is 2.76. The van der Waals surface area contributed by atoms with Crippen molar-refractivity contribution in [2.24, 2.45) is 0 Å².